The molecule has 0 aliphatic carbocycles. The summed E-state index contributed by atoms with van der Waals surface area (Å²) in [6.45, 7) is 2.11. The molecule has 0 saturated carbocycles. The molecule has 1 aromatic rings. The summed E-state index contributed by atoms with van der Waals surface area (Å²) in [7, 11) is 0. The zero-order valence-corrected chi connectivity index (χ0v) is 9.00. The fourth-order valence-electron chi connectivity index (χ4n) is 1.82. The van der Waals surface area contributed by atoms with Crippen LogP contribution < -0.4 is 0 Å². The van der Waals surface area contributed by atoms with Crippen molar-refractivity contribution in [2.75, 3.05) is 5.75 Å². The summed E-state index contributed by atoms with van der Waals surface area (Å²) < 4.78 is -0.0509. The van der Waals surface area contributed by atoms with Crippen LogP contribution in [-0.4, -0.2) is 25.6 Å². The van der Waals surface area contributed by atoms with E-state index in [1.165, 1.54) is 12.7 Å². The van der Waals surface area contributed by atoms with E-state index in [0.29, 0.717) is 0 Å². The highest BCUT2D eigenvalue weighted by Gasteiger charge is 2.37. The Kier molecular flexibility index (Phi) is 2.74. The van der Waals surface area contributed by atoms with Crippen molar-refractivity contribution in [3.05, 3.63) is 24.3 Å². The Hall–Kier alpha value is -0.610. The predicted molar refractivity (Wildman–Crippen MR) is 57.1 cm³/mol. The SMILES string of the molecule is CC1(C(O)c2cncnc2)CCCS1. The number of hydrogen-bond acceptors (Lipinski definition) is 4. The lowest BCUT2D eigenvalue weighted by atomic mass is 9.94. The summed E-state index contributed by atoms with van der Waals surface area (Å²) in [5.74, 6) is 1.14. The number of aliphatic hydroxyl groups excluding tert-OH is 1. The van der Waals surface area contributed by atoms with Crippen molar-refractivity contribution in [3.8, 4) is 0 Å². The van der Waals surface area contributed by atoms with Crippen molar-refractivity contribution in [1.82, 2.24) is 9.97 Å². The van der Waals surface area contributed by atoms with Crippen molar-refractivity contribution in [3.63, 3.8) is 0 Å². The van der Waals surface area contributed by atoms with Crippen LogP contribution in [0.25, 0.3) is 0 Å². The number of hydrogen-bond donors (Lipinski definition) is 1. The van der Waals surface area contributed by atoms with Crippen LogP contribution in [0, 0.1) is 0 Å². The number of aliphatic hydroxyl groups is 1. The molecule has 4 heteroatoms. The van der Waals surface area contributed by atoms with E-state index in [-0.39, 0.29) is 4.75 Å². The molecule has 2 unspecified atom stereocenters. The first-order chi connectivity index (χ1) is 6.72. The third kappa shape index (κ3) is 1.77. The molecule has 0 aromatic carbocycles. The van der Waals surface area contributed by atoms with Crippen LogP contribution in [-0.2, 0) is 0 Å². The van der Waals surface area contributed by atoms with Crippen LogP contribution >= 0.6 is 11.8 Å². The number of aromatic nitrogens is 2. The molecule has 1 N–H and O–H groups in total. The van der Waals surface area contributed by atoms with E-state index in [4.69, 9.17) is 0 Å². The van der Waals surface area contributed by atoms with Gasteiger partial charge in [0, 0.05) is 22.7 Å². The molecule has 2 atom stereocenters. The monoisotopic (exact) mass is 210 g/mol. The summed E-state index contributed by atoms with van der Waals surface area (Å²) in [5.41, 5.74) is 0.824. The topological polar surface area (TPSA) is 46.0 Å². The molecule has 1 saturated heterocycles. The van der Waals surface area contributed by atoms with Gasteiger partial charge in [0.15, 0.2) is 0 Å². The standard InChI is InChI=1S/C10H14N2OS/c1-10(3-2-4-14-10)9(13)8-5-11-7-12-6-8/h5-7,9,13H,2-4H2,1H3. The van der Waals surface area contributed by atoms with E-state index >= 15 is 0 Å². The highest BCUT2D eigenvalue weighted by molar-refractivity contribution is 8.00. The minimum Gasteiger partial charge on any atom is -0.387 e. The fraction of sp³-hybridized carbons (Fsp3) is 0.600. The normalized spacial score (nSPS) is 29.0. The molecule has 0 bridgehead atoms. The van der Waals surface area contributed by atoms with Crippen LogP contribution in [0.2, 0.25) is 0 Å². The van der Waals surface area contributed by atoms with Crippen molar-refractivity contribution < 1.29 is 5.11 Å². The Balaban J connectivity index is 2.19. The van der Waals surface area contributed by atoms with Gasteiger partial charge in [0.1, 0.15) is 6.33 Å². The second-order valence-corrected chi connectivity index (χ2v) is 5.47. The van der Waals surface area contributed by atoms with Crippen molar-refractivity contribution in [2.45, 2.75) is 30.6 Å². The van der Waals surface area contributed by atoms with Gasteiger partial charge in [0.05, 0.1) is 6.10 Å². The second-order valence-electron chi connectivity index (χ2n) is 3.84. The summed E-state index contributed by atoms with van der Waals surface area (Å²) >= 11 is 1.84. The quantitative estimate of drug-likeness (QED) is 0.808. The molecule has 14 heavy (non-hydrogen) atoms. The van der Waals surface area contributed by atoms with Gasteiger partial charge in [0.2, 0.25) is 0 Å². The van der Waals surface area contributed by atoms with E-state index in [0.717, 1.165) is 17.7 Å². The van der Waals surface area contributed by atoms with Crippen LogP contribution in [0.1, 0.15) is 31.4 Å². The van der Waals surface area contributed by atoms with Gasteiger partial charge in [-0.05, 0) is 25.5 Å². The Labute approximate surface area is 88.0 Å². The van der Waals surface area contributed by atoms with Gasteiger partial charge >= 0.3 is 0 Å². The molecule has 0 amide bonds. The van der Waals surface area contributed by atoms with Crippen LogP contribution in [0.3, 0.4) is 0 Å². The first kappa shape index (κ1) is 9.93. The smallest absolute Gasteiger partial charge is 0.115 e. The maximum Gasteiger partial charge on any atom is 0.115 e. The highest BCUT2D eigenvalue weighted by atomic mass is 32.2. The minimum absolute atomic E-state index is 0.0509. The van der Waals surface area contributed by atoms with Gasteiger partial charge in [-0.15, -0.1) is 0 Å². The molecule has 1 fully saturated rings. The van der Waals surface area contributed by atoms with Crippen LogP contribution in [0.4, 0.5) is 0 Å². The van der Waals surface area contributed by atoms with Gasteiger partial charge in [-0.25, -0.2) is 9.97 Å². The van der Waals surface area contributed by atoms with E-state index in [1.54, 1.807) is 12.4 Å². The average Bonchev–Trinajstić information content (AvgIpc) is 2.67. The van der Waals surface area contributed by atoms with Gasteiger partial charge < -0.3 is 5.11 Å². The third-order valence-corrected chi connectivity index (χ3v) is 4.30. The molecule has 76 valence electrons. The van der Waals surface area contributed by atoms with Crippen molar-refractivity contribution in [2.24, 2.45) is 0 Å². The largest absolute Gasteiger partial charge is 0.387 e. The molecule has 2 rings (SSSR count). The molecular weight excluding hydrogens is 196 g/mol. The van der Waals surface area contributed by atoms with E-state index in [9.17, 15) is 5.11 Å². The molecule has 1 aliphatic heterocycles. The Morgan fingerprint density at radius 1 is 1.50 bits per heavy atom. The minimum atomic E-state index is -0.448. The number of rotatable bonds is 2. The van der Waals surface area contributed by atoms with Crippen LogP contribution in [0.5, 0.6) is 0 Å². The van der Waals surface area contributed by atoms with Gasteiger partial charge in [0.25, 0.3) is 0 Å². The van der Waals surface area contributed by atoms with Crippen LogP contribution in [0.15, 0.2) is 18.7 Å². The molecule has 1 aromatic heterocycles. The Morgan fingerprint density at radius 3 is 2.79 bits per heavy atom. The predicted octanol–water partition coefficient (Wildman–Crippen LogP) is 1.80. The van der Waals surface area contributed by atoms with Crippen molar-refractivity contribution >= 4 is 11.8 Å². The summed E-state index contributed by atoms with van der Waals surface area (Å²) in [6.07, 6.45) is 6.68. The Bertz CT molecular complexity index is 298. The molecule has 0 radical (unpaired) electrons. The molecular formula is C10H14N2OS. The highest BCUT2D eigenvalue weighted by Crippen LogP contribution is 2.46. The first-order valence-electron chi connectivity index (χ1n) is 4.79. The van der Waals surface area contributed by atoms with E-state index < -0.39 is 6.10 Å². The van der Waals surface area contributed by atoms with Gasteiger partial charge in [-0.3, -0.25) is 0 Å². The molecule has 3 nitrogen and oxygen atoms in total. The Morgan fingerprint density at radius 2 is 2.21 bits per heavy atom. The van der Waals surface area contributed by atoms with Gasteiger partial charge in [-0.1, -0.05) is 0 Å². The maximum absolute atomic E-state index is 10.2. The lowest BCUT2D eigenvalue weighted by Gasteiger charge is -2.28. The van der Waals surface area contributed by atoms with E-state index in [1.807, 2.05) is 11.8 Å². The molecule has 2 heterocycles. The maximum atomic E-state index is 10.2. The van der Waals surface area contributed by atoms with E-state index in [2.05, 4.69) is 16.9 Å². The third-order valence-electron chi connectivity index (χ3n) is 2.72. The van der Waals surface area contributed by atoms with Gasteiger partial charge in [-0.2, -0.15) is 11.8 Å². The lowest BCUT2D eigenvalue weighted by Crippen LogP contribution is -2.26. The zero-order valence-electron chi connectivity index (χ0n) is 8.18. The van der Waals surface area contributed by atoms with Crippen molar-refractivity contribution in [1.29, 1.82) is 0 Å². The lowest BCUT2D eigenvalue weighted by molar-refractivity contribution is 0.134. The summed E-state index contributed by atoms with van der Waals surface area (Å²) in [4.78, 5) is 7.86. The molecule has 1 aliphatic rings. The first-order valence-corrected chi connectivity index (χ1v) is 5.78. The number of nitrogens with zero attached hydrogens (tertiary/aromatic N) is 2. The fourth-order valence-corrected chi connectivity index (χ4v) is 3.16. The number of thioether (sulfide) groups is 1. The second kappa shape index (κ2) is 3.87. The summed E-state index contributed by atoms with van der Waals surface area (Å²) in [6, 6.07) is 0. The molecule has 0 spiro atoms. The average molecular weight is 210 g/mol. The zero-order chi connectivity index (χ0) is 10.0. The summed E-state index contributed by atoms with van der Waals surface area (Å²) in [5, 5.41) is 10.2.